The van der Waals surface area contributed by atoms with Crippen molar-refractivity contribution < 1.29 is 1.43 Å². The molecule has 1 aromatic carbocycles. The van der Waals surface area contributed by atoms with E-state index in [2.05, 4.69) is 17.6 Å². The van der Waals surface area contributed by atoms with Gasteiger partial charge in [-0.1, -0.05) is 24.3 Å². The van der Waals surface area contributed by atoms with E-state index in [4.69, 9.17) is 5.26 Å². The first-order valence-electron chi connectivity index (χ1n) is 4.39. The molecule has 2 heteroatoms. The van der Waals surface area contributed by atoms with Gasteiger partial charge >= 0.3 is 0 Å². The normalized spacial score (nSPS) is 10.0. The molecule has 0 aliphatic carbocycles. The first-order valence-corrected chi connectivity index (χ1v) is 4.39. The average Bonchev–Trinajstić information content (AvgIpc) is 2.58. The van der Waals surface area contributed by atoms with Crippen LogP contribution in [0.25, 0.3) is 16.5 Å². The van der Waals surface area contributed by atoms with Crippen LogP contribution in [0.3, 0.4) is 0 Å². The van der Waals surface area contributed by atoms with Crippen LogP contribution in [0.2, 0.25) is 0 Å². The van der Waals surface area contributed by atoms with Crippen LogP contribution in [-0.4, -0.2) is 4.98 Å². The van der Waals surface area contributed by atoms with Crippen molar-refractivity contribution in [1.82, 2.24) is 4.98 Å². The highest BCUT2D eigenvalue weighted by molar-refractivity contribution is 5.84. The Balaban J connectivity index is 0.00000112. The Morgan fingerprint density at radius 1 is 1.50 bits per heavy atom. The molecule has 1 aromatic heterocycles. The summed E-state index contributed by atoms with van der Waals surface area (Å²) in [5.41, 5.74) is 3.71. The van der Waals surface area contributed by atoms with E-state index >= 15 is 0 Å². The van der Waals surface area contributed by atoms with Gasteiger partial charge in [0.1, 0.15) is 11.8 Å². The van der Waals surface area contributed by atoms with Crippen molar-refractivity contribution in [2.45, 2.75) is 6.92 Å². The van der Waals surface area contributed by atoms with Gasteiger partial charge in [0.05, 0.1) is 0 Å². The number of allylic oxidation sites excluding steroid dienone is 1. The van der Waals surface area contributed by atoms with Crippen molar-refractivity contribution in [1.29, 1.82) is 5.26 Å². The minimum Gasteiger partial charge on any atom is -0.346 e. The number of hydrogen-bond donors (Lipinski definition) is 1. The molecule has 0 saturated carbocycles. The average molecular weight is 184 g/mol. The Morgan fingerprint density at radius 3 is 2.93 bits per heavy atom. The molecule has 0 fully saturated rings. The van der Waals surface area contributed by atoms with E-state index < -0.39 is 0 Å². The third-order valence-electron chi connectivity index (χ3n) is 2.24. The Morgan fingerprint density at radius 2 is 2.29 bits per heavy atom. The summed E-state index contributed by atoms with van der Waals surface area (Å²) in [6, 6.07) is 9.95. The topological polar surface area (TPSA) is 39.6 Å². The van der Waals surface area contributed by atoms with Crippen molar-refractivity contribution in [2.75, 3.05) is 0 Å². The van der Waals surface area contributed by atoms with Crippen LogP contribution < -0.4 is 0 Å². The maximum absolute atomic E-state index is 8.72. The molecular formula is C12H12N2. The van der Waals surface area contributed by atoms with E-state index in [0.29, 0.717) is 5.69 Å². The Labute approximate surface area is 84.0 Å². The Hall–Kier alpha value is -2.01. The first kappa shape index (κ1) is 8.58. The summed E-state index contributed by atoms with van der Waals surface area (Å²) < 4.78 is 0. The van der Waals surface area contributed by atoms with Crippen molar-refractivity contribution in [3.8, 4) is 6.07 Å². The number of aromatic nitrogens is 1. The minimum absolute atomic E-state index is 0. The lowest BCUT2D eigenvalue weighted by Gasteiger charge is -1.98. The molecule has 0 bridgehead atoms. The van der Waals surface area contributed by atoms with Gasteiger partial charge in [-0.25, -0.2) is 0 Å². The lowest BCUT2D eigenvalue weighted by Crippen LogP contribution is -1.77. The Kier molecular flexibility index (Phi) is 1.86. The smallest absolute Gasteiger partial charge is 0.118 e. The molecule has 0 spiro atoms. The van der Waals surface area contributed by atoms with Crippen molar-refractivity contribution in [3.63, 3.8) is 0 Å². The van der Waals surface area contributed by atoms with Crippen LogP contribution in [0.1, 0.15) is 19.6 Å². The summed E-state index contributed by atoms with van der Waals surface area (Å²) in [5, 5.41) is 9.78. The maximum atomic E-state index is 8.72. The van der Waals surface area contributed by atoms with Gasteiger partial charge in [-0.3, -0.25) is 0 Å². The van der Waals surface area contributed by atoms with Crippen LogP contribution in [0, 0.1) is 11.3 Å². The van der Waals surface area contributed by atoms with Gasteiger partial charge in [-0.15, -0.1) is 0 Å². The second-order valence-corrected chi connectivity index (χ2v) is 3.38. The van der Waals surface area contributed by atoms with Gasteiger partial charge in [0, 0.05) is 12.3 Å². The van der Waals surface area contributed by atoms with Crippen LogP contribution in [0.15, 0.2) is 30.8 Å². The zero-order valence-electron chi connectivity index (χ0n) is 7.96. The summed E-state index contributed by atoms with van der Waals surface area (Å²) in [6.07, 6.45) is 0. The molecule has 1 N–H and O–H groups in total. The number of hydrogen-bond acceptors (Lipinski definition) is 1. The van der Waals surface area contributed by atoms with Gasteiger partial charge in [-0.05, 0) is 24.6 Å². The lowest BCUT2D eigenvalue weighted by atomic mass is 10.1. The molecule has 0 saturated heterocycles. The third kappa shape index (κ3) is 1.29. The van der Waals surface area contributed by atoms with Crippen molar-refractivity contribution in [2.24, 2.45) is 0 Å². The molecule has 1 heterocycles. The molecule has 70 valence electrons. The molecule has 0 atom stereocenters. The standard InChI is InChI=1S/C12H10N2.H2/c1-8(2)9-3-4-10-5-11(7-13)14-12(10)6-9;/h3-6,14H,1H2,2H3;1H. The zero-order chi connectivity index (χ0) is 10.1. The van der Waals surface area contributed by atoms with Gasteiger partial charge in [0.15, 0.2) is 0 Å². The van der Waals surface area contributed by atoms with E-state index in [9.17, 15) is 0 Å². The molecule has 2 rings (SSSR count). The molecule has 2 aromatic rings. The lowest BCUT2D eigenvalue weighted by molar-refractivity contribution is 1.37. The van der Waals surface area contributed by atoms with Gasteiger partial charge in [0.2, 0.25) is 0 Å². The fraction of sp³-hybridized carbons (Fsp3) is 0.0833. The summed E-state index contributed by atoms with van der Waals surface area (Å²) in [5.74, 6) is 0. The first-order chi connectivity index (χ1) is 6.70. The van der Waals surface area contributed by atoms with Gasteiger partial charge in [-0.2, -0.15) is 5.26 Å². The summed E-state index contributed by atoms with van der Waals surface area (Å²) >= 11 is 0. The quantitative estimate of drug-likeness (QED) is 0.725. The number of H-pyrrole nitrogens is 1. The van der Waals surface area contributed by atoms with E-state index in [0.717, 1.165) is 22.0 Å². The number of benzene rings is 1. The zero-order valence-corrected chi connectivity index (χ0v) is 7.96. The number of fused-ring (bicyclic) bond motifs is 1. The Bertz CT molecular complexity index is 546. The van der Waals surface area contributed by atoms with Crippen LogP contribution in [-0.2, 0) is 0 Å². The van der Waals surface area contributed by atoms with Gasteiger partial charge < -0.3 is 4.98 Å². The molecule has 0 aliphatic rings. The van der Waals surface area contributed by atoms with Crippen molar-refractivity contribution in [3.05, 3.63) is 42.1 Å². The molecular weight excluding hydrogens is 172 g/mol. The third-order valence-corrected chi connectivity index (χ3v) is 2.24. The predicted octanol–water partition coefficient (Wildman–Crippen LogP) is 3.32. The molecule has 0 unspecified atom stereocenters. The van der Waals surface area contributed by atoms with Crippen molar-refractivity contribution >= 4 is 16.5 Å². The number of nitriles is 1. The monoisotopic (exact) mass is 184 g/mol. The number of aromatic amines is 1. The minimum atomic E-state index is 0. The summed E-state index contributed by atoms with van der Waals surface area (Å²) in [4.78, 5) is 3.04. The van der Waals surface area contributed by atoms with E-state index in [1.807, 2.05) is 31.2 Å². The van der Waals surface area contributed by atoms with Crippen LogP contribution in [0.5, 0.6) is 0 Å². The SMILES string of the molecule is C=C(C)c1ccc2cc(C#N)[nH]c2c1.[HH]. The van der Waals surface area contributed by atoms with Crippen LogP contribution >= 0.6 is 0 Å². The fourth-order valence-corrected chi connectivity index (χ4v) is 1.45. The molecule has 0 radical (unpaired) electrons. The maximum Gasteiger partial charge on any atom is 0.118 e. The second-order valence-electron chi connectivity index (χ2n) is 3.38. The van der Waals surface area contributed by atoms with Gasteiger partial charge in [0.25, 0.3) is 0 Å². The van der Waals surface area contributed by atoms with E-state index in [1.165, 1.54) is 0 Å². The summed E-state index contributed by atoms with van der Waals surface area (Å²) in [7, 11) is 0. The highest BCUT2D eigenvalue weighted by atomic mass is 14.7. The number of nitrogens with one attached hydrogen (secondary N) is 1. The molecule has 0 amide bonds. The highest BCUT2D eigenvalue weighted by Gasteiger charge is 2.01. The second kappa shape index (κ2) is 3.04. The number of nitrogens with zero attached hydrogens (tertiary/aromatic N) is 1. The number of rotatable bonds is 1. The van der Waals surface area contributed by atoms with E-state index in [-0.39, 0.29) is 1.43 Å². The molecule has 2 nitrogen and oxygen atoms in total. The van der Waals surface area contributed by atoms with E-state index in [1.54, 1.807) is 0 Å². The van der Waals surface area contributed by atoms with Crippen LogP contribution in [0.4, 0.5) is 0 Å². The largest absolute Gasteiger partial charge is 0.346 e. The fourth-order valence-electron chi connectivity index (χ4n) is 1.45. The molecule has 14 heavy (non-hydrogen) atoms. The summed E-state index contributed by atoms with van der Waals surface area (Å²) in [6.45, 7) is 5.85. The molecule has 0 aliphatic heterocycles. The predicted molar refractivity (Wildman–Crippen MR) is 59.8 cm³/mol. The highest BCUT2D eigenvalue weighted by Crippen LogP contribution is 2.20.